The zero-order chi connectivity index (χ0) is 12.1. The van der Waals surface area contributed by atoms with E-state index in [1.807, 2.05) is 0 Å². The van der Waals surface area contributed by atoms with Gasteiger partial charge in [0.25, 0.3) is 0 Å². The molecule has 0 radical (unpaired) electrons. The number of rotatable bonds is 4. The van der Waals surface area contributed by atoms with Gasteiger partial charge in [-0.3, -0.25) is 4.98 Å². The minimum absolute atomic E-state index is 0.404. The van der Waals surface area contributed by atoms with Gasteiger partial charge in [0.15, 0.2) is 0 Å². The van der Waals surface area contributed by atoms with E-state index in [1.54, 1.807) is 0 Å². The zero-order valence-corrected chi connectivity index (χ0v) is 9.90. The number of nitrogens with zero attached hydrogens (tertiary/aromatic N) is 1. The van der Waals surface area contributed by atoms with Crippen molar-refractivity contribution in [2.45, 2.75) is 44.2 Å². The molecular weight excluding hydrogens is 219 g/mol. The molecule has 0 aromatic carbocycles. The Labute approximate surface area is 101 Å². The number of aliphatic hydroxyl groups is 1. The largest absolute Gasteiger partial charge is 0.387 e. The summed E-state index contributed by atoms with van der Waals surface area (Å²) < 4.78 is 12.9. The first-order valence-corrected chi connectivity index (χ1v) is 6.27. The maximum absolute atomic E-state index is 12.9. The highest BCUT2D eigenvalue weighted by Gasteiger charge is 2.15. The summed E-state index contributed by atoms with van der Waals surface area (Å²) in [5, 5.41) is 13.2. The summed E-state index contributed by atoms with van der Waals surface area (Å²) in [4.78, 5) is 3.74. The highest BCUT2D eigenvalue weighted by Crippen LogP contribution is 2.18. The highest BCUT2D eigenvalue weighted by molar-refractivity contribution is 5.13. The van der Waals surface area contributed by atoms with Gasteiger partial charge in [0.1, 0.15) is 5.82 Å². The van der Waals surface area contributed by atoms with Gasteiger partial charge < -0.3 is 10.4 Å². The van der Waals surface area contributed by atoms with Crippen LogP contribution in [-0.4, -0.2) is 22.7 Å². The molecule has 1 fully saturated rings. The summed E-state index contributed by atoms with van der Waals surface area (Å²) in [7, 11) is 0. The Morgan fingerprint density at radius 3 is 2.82 bits per heavy atom. The van der Waals surface area contributed by atoms with Crippen molar-refractivity contribution in [2.75, 3.05) is 6.54 Å². The molecule has 0 saturated heterocycles. The summed E-state index contributed by atoms with van der Waals surface area (Å²) in [6.07, 6.45) is 8.16. The maximum Gasteiger partial charge on any atom is 0.141 e. The van der Waals surface area contributed by atoms with Gasteiger partial charge in [-0.05, 0) is 18.9 Å². The van der Waals surface area contributed by atoms with E-state index >= 15 is 0 Å². The molecule has 2 N–H and O–H groups in total. The minimum atomic E-state index is -0.680. The molecule has 2 rings (SSSR count). The van der Waals surface area contributed by atoms with E-state index in [-0.39, 0.29) is 0 Å². The fourth-order valence-electron chi connectivity index (χ4n) is 2.31. The van der Waals surface area contributed by atoms with E-state index in [0.29, 0.717) is 18.2 Å². The molecule has 3 nitrogen and oxygen atoms in total. The lowest BCUT2D eigenvalue weighted by Gasteiger charge is -2.24. The summed E-state index contributed by atoms with van der Waals surface area (Å²) in [6, 6.07) is 1.83. The maximum atomic E-state index is 12.9. The molecule has 0 unspecified atom stereocenters. The van der Waals surface area contributed by atoms with Crippen molar-refractivity contribution < 1.29 is 9.50 Å². The van der Waals surface area contributed by atoms with Crippen LogP contribution in [0, 0.1) is 5.82 Å². The van der Waals surface area contributed by atoms with Crippen LogP contribution in [0.25, 0.3) is 0 Å². The summed E-state index contributed by atoms with van der Waals surface area (Å²) in [6.45, 7) is 0.468. The highest BCUT2D eigenvalue weighted by atomic mass is 19.1. The molecule has 17 heavy (non-hydrogen) atoms. The van der Waals surface area contributed by atoms with Crippen LogP contribution in [0.3, 0.4) is 0 Å². The molecule has 0 amide bonds. The third-order valence-corrected chi connectivity index (χ3v) is 3.32. The number of aliphatic hydroxyl groups excluding tert-OH is 1. The third kappa shape index (κ3) is 3.75. The molecule has 0 spiro atoms. The van der Waals surface area contributed by atoms with Gasteiger partial charge in [0.2, 0.25) is 0 Å². The molecule has 1 atom stereocenters. The van der Waals surface area contributed by atoms with Gasteiger partial charge >= 0.3 is 0 Å². The van der Waals surface area contributed by atoms with Crippen molar-refractivity contribution >= 4 is 0 Å². The zero-order valence-electron chi connectivity index (χ0n) is 9.90. The topological polar surface area (TPSA) is 45.1 Å². The van der Waals surface area contributed by atoms with E-state index < -0.39 is 11.9 Å². The molecule has 1 aromatic rings. The van der Waals surface area contributed by atoms with Crippen molar-refractivity contribution in [3.63, 3.8) is 0 Å². The number of halogens is 1. The van der Waals surface area contributed by atoms with E-state index in [0.717, 1.165) is 6.20 Å². The van der Waals surface area contributed by atoms with Crippen LogP contribution in [0.1, 0.15) is 43.8 Å². The number of hydrogen-bond acceptors (Lipinski definition) is 3. The summed E-state index contributed by atoms with van der Waals surface area (Å²) in [5.74, 6) is -0.404. The first kappa shape index (κ1) is 12.5. The normalized spacial score (nSPS) is 19.2. The molecule has 0 aliphatic heterocycles. The Morgan fingerprint density at radius 2 is 2.12 bits per heavy atom. The smallest absolute Gasteiger partial charge is 0.141 e. The van der Waals surface area contributed by atoms with Gasteiger partial charge in [-0.25, -0.2) is 4.39 Å². The van der Waals surface area contributed by atoms with Crippen LogP contribution < -0.4 is 5.32 Å². The Hall–Kier alpha value is -1.00. The fourth-order valence-corrected chi connectivity index (χ4v) is 2.31. The van der Waals surface area contributed by atoms with Crippen LogP contribution >= 0.6 is 0 Å². The van der Waals surface area contributed by atoms with Crippen molar-refractivity contribution in [1.82, 2.24) is 10.3 Å². The first-order valence-electron chi connectivity index (χ1n) is 6.27. The van der Waals surface area contributed by atoms with Crippen LogP contribution in [0.15, 0.2) is 18.5 Å². The first-order chi connectivity index (χ1) is 8.25. The monoisotopic (exact) mass is 238 g/mol. The second kappa shape index (κ2) is 6.07. The predicted octanol–water partition coefficient (Wildman–Crippen LogP) is 2.18. The van der Waals surface area contributed by atoms with E-state index in [1.165, 1.54) is 44.4 Å². The molecule has 1 saturated carbocycles. The fraction of sp³-hybridized carbons (Fsp3) is 0.615. The van der Waals surface area contributed by atoms with Crippen LogP contribution in [0.5, 0.6) is 0 Å². The Morgan fingerprint density at radius 1 is 1.35 bits per heavy atom. The molecule has 1 heterocycles. The lowest BCUT2D eigenvalue weighted by atomic mass is 9.95. The second-order valence-corrected chi connectivity index (χ2v) is 4.70. The number of nitrogens with one attached hydrogen (secondary N) is 1. The predicted molar refractivity (Wildman–Crippen MR) is 64.0 cm³/mol. The Balaban J connectivity index is 1.82. The average molecular weight is 238 g/mol. The molecule has 0 bridgehead atoms. The van der Waals surface area contributed by atoms with Crippen molar-refractivity contribution in [3.05, 3.63) is 29.8 Å². The number of pyridine rings is 1. The molecule has 1 aromatic heterocycles. The number of hydrogen-bond donors (Lipinski definition) is 2. The van der Waals surface area contributed by atoms with Crippen molar-refractivity contribution in [2.24, 2.45) is 0 Å². The summed E-state index contributed by atoms with van der Waals surface area (Å²) >= 11 is 0. The lowest BCUT2D eigenvalue weighted by molar-refractivity contribution is 0.165. The van der Waals surface area contributed by atoms with Gasteiger partial charge in [-0.1, -0.05) is 19.3 Å². The third-order valence-electron chi connectivity index (χ3n) is 3.32. The average Bonchev–Trinajstić information content (AvgIpc) is 2.37. The van der Waals surface area contributed by atoms with Gasteiger partial charge in [0, 0.05) is 24.3 Å². The van der Waals surface area contributed by atoms with Crippen molar-refractivity contribution in [1.29, 1.82) is 0 Å². The molecule has 94 valence electrons. The van der Waals surface area contributed by atoms with Crippen LogP contribution in [0.2, 0.25) is 0 Å². The SMILES string of the molecule is O[C@@H](CNC1CCCCC1)c1cncc(F)c1. The second-order valence-electron chi connectivity index (χ2n) is 4.70. The van der Waals surface area contributed by atoms with E-state index in [4.69, 9.17) is 0 Å². The Bertz CT molecular complexity index is 353. The number of aromatic nitrogens is 1. The standard InChI is InChI=1S/C13H19FN2O/c14-11-6-10(7-15-8-11)13(17)9-16-12-4-2-1-3-5-12/h6-8,12-13,16-17H,1-5,9H2/t13-/m0/s1. The van der Waals surface area contributed by atoms with Crippen LogP contribution in [-0.2, 0) is 0 Å². The van der Waals surface area contributed by atoms with Crippen molar-refractivity contribution in [3.8, 4) is 0 Å². The van der Waals surface area contributed by atoms with Gasteiger partial charge in [0.05, 0.1) is 12.3 Å². The summed E-state index contributed by atoms with van der Waals surface area (Å²) in [5.41, 5.74) is 0.535. The minimum Gasteiger partial charge on any atom is -0.387 e. The molecule has 1 aliphatic rings. The van der Waals surface area contributed by atoms with Gasteiger partial charge in [-0.15, -0.1) is 0 Å². The Kier molecular flexibility index (Phi) is 4.45. The van der Waals surface area contributed by atoms with E-state index in [9.17, 15) is 9.50 Å². The molecule has 4 heteroatoms. The van der Waals surface area contributed by atoms with Gasteiger partial charge in [-0.2, -0.15) is 0 Å². The molecule has 1 aliphatic carbocycles. The lowest BCUT2D eigenvalue weighted by Crippen LogP contribution is -2.34. The van der Waals surface area contributed by atoms with E-state index in [2.05, 4.69) is 10.3 Å². The molecular formula is C13H19FN2O. The van der Waals surface area contributed by atoms with Crippen LogP contribution in [0.4, 0.5) is 4.39 Å². The quantitative estimate of drug-likeness (QED) is 0.845.